The third-order valence-corrected chi connectivity index (χ3v) is 8.75. The van der Waals surface area contributed by atoms with Gasteiger partial charge in [0.05, 0.1) is 32.6 Å². The Morgan fingerprint density at radius 1 is 0.947 bits per heavy atom. The average Bonchev–Trinajstić information content (AvgIpc) is 3.33. The van der Waals surface area contributed by atoms with Gasteiger partial charge in [-0.25, -0.2) is 5.01 Å². The van der Waals surface area contributed by atoms with E-state index in [4.69, 9.17) is 14.6 Å². The van der Waals surface area contributed by atoms with Crippen LogP contribution in [0, 0.1) is 5.92 Å². The van der Waals surface area contributed by atoms with Crippen molar-refractivity contribution in [3.8, 4) is 5.75 Å². The highest BCUT2D eigenvalue weighted by molar-refractivity contribution is 5.94. The van der Waals surface area contributed by atoms with E-state index in [-0.39, 0.29) is 11.6 Å². The van der Waals surface area contributed by atoms with Gasteiger partial charge in [0.25, 0.3) is 0 Å². The Labute approximate surface area is 225 Å². The molecular weight excluding hydrogens is 478 g/mol. The summed E-state index contributed by atoms with van der Waals surface area (Å²) >= 11 is 0. The van der Waals surface area contributed by atoms with Gasteiger partial charge in [-0.1, -0.05) is 6.92 Å². The lowest BCUT2D eigenvalue weighted by atomic mass is 9.79. The smallest absolute Gasteiger partial charge is 0.226 e. The molecule has 202 valence electrons. The van der Waals surface area contributed by atoms with Crippen LogP contribution in [0.1, 0.15) is 39.0 Å². The minimum atomic E-state index is -0.288. The Balaban J connectivity index is 1.34. The van der Waals surface area contributed by atoms with Gasteiger partial charge in [0.15, 0.2) is 0 Å². The molecule has 0 spiro atoms. The maximum atomic E-state index is 12.5. The molecule has 2 aromatic rings. The fourth-order valence-corrected chi connectivity index (χ4v) is 6.79. The normalized spacial score (nSPS) is 26.4. The quantitative estimate of drug-likeness (QED) is 0.568. The second kappa shape index (κ2) is 10.6. The summed E-state index contributed by atoms with van der Waals surface area (Å²) in [4.78, 5) is 19.5. The molecule has 3 saturated heterocycles. The summed E-state index contributed by atoms with van der Waals surface area (Å²) in [6.45, 7) is 8.13. The zero-order valence-corrected chi connectivity index (χ0v) is 22.6. The average molecular weight is 518 g/mol. The number of carbonyl (C=O) groups is 1. The molecule has 1 amide bonds. The Bertz CT molecular complexity index is 1160. The summed E-state index contributed by atoms with van der Waals surface area (Å²) in [5.74, 6) is 1.44. The van der Waals surface area contributed by atoms with Crippen LogP contribution in [0.3, 0.4) is 0 Å². The number of ether oxygens (including phenoxy) is 2. The van der Waals surface area contributed by atoms with Crippen molar-refractivity contribution in [1.82, 2.24) is 4.90 Å². The highest BCUT2D eigenvalue weighted by Crippen LogP contribution is 2.46. The van der Waals surface area contributed by atoms with Crippen LogP contribution in [0.25, 0.3) is 0 Å². The lowest BCUT2D eigenvalue weighted by Gasteiger charge is -2.55. The van der Waals surface area contributed by atoms with Gasteiger partial charge >= 0.3 is 0 Å². The number of amides is 1. The van der Waals surface area contributed by atoms with Crippen molar-refractivity contribution < 1.29 is 14.3 Å². The number of anilines is 3. The monoisotopic (exact) mass is 517 g/mol. The number of rotatable bonds is 6. The zero-order chi connectivity index (χ0) is 26.1. The van der Waals surface area contributed by atoms with E-state index >= 15 is 0 Å². The molecule has 0 N–H and O–H groups in total. The molecule has 4 aliphatic rings. The van der Waals surface area contributed by atoms with Crippen LogP contribution in [0.2, 0.25) is 0 Å². The summed E-state index contributed by atoms with van der Waals surface area (Å²) in [6, 6.07) is 16.9. The van der Waals surface area contributed by atoms with Crippen molar-refractivity contribution in [2.45, 2.75) is 44.7 Å². The number of carbonyl (C=O) groups excluding carboxylic acids is 1. The van der Waals surface area contributed by atoms with Crippen LogP contribution in [0.5, 0.6) is 5.75 Å². The third-order valence-electron chi connectivity index (χ3n) is 8.75. The summed E-state index contributed by atoms with van der Waals surface area (Å²) in [7, 11) is 1.70. The predicted molar refractivity (Wildman–Crippen MR) is 151 cm³/mol. The van der Waals surface area contributed by atoms with E-state index in [1.54, 1.807) is 7.11 Å². The summed E-state index contributed by atoms with van der Waals surface area (Å²) in [5.41, 5.74) is 4.29. The van der Waals surface area contributed by atoms with Crippen molar-refractivity contribution in [1.29, 1.82) is 0 Å². The van der Waals surface area contributed by atoms with E-state index in [0.717, 1.165) is 88.7 Å². The number of hydrogen-bond acceptors (Lipinski definition) is 7. The first kappa shape index (κ1) is 25.2. The van der Waals surface area contributed by atoms with Crippen LogP contribution in [0.15, 0.2) is 53.6 Å². The molecule has 0 bridgehead atoms. The van der Waals surface area contributed by atoms with E-state index in [2.05, 4.69) is 58.1 Å². The molecule has 4 heterocycles. The SMILES string of the molecule is CCC1=NN(c2ccc(OC)cc2)C2(N3CCOCC3)CN(c3ccc(N4CCCCC4=O)cc3)CCC12. The second-order valence-corrected chi connectivity index (χ2v) is 10.7. The number of nitrogens with zero attached hydrogens (tertiary/aromatic N) is 5. The molecular formula is C30H39N5O3. The summed E-state index contributed by atoms with van der Waals surface area (Å²) in [5, 5.41) is 7.59. The number of piperidine rings is 2. The molecule has 2 aromatic carbocycles. The first-order valence-electron chi connectivity index (χ1n) is 14.1. The van der Waals surface area contributed by atoms with Gasteiger partial charge in [-0.15, -0.1) is 0 Å². The molecule has 8 heteroatoms. The van der Waals surface area contributed by atoms with E-state index in [0.29, 0.717) is 12.3 Å². The number of hydrazone groups is 1. The maximum Gasteiger partial charge on any atom is 0.226 e. The summed E-state index contributed by atoms with van der Waals surface area (Å²) < 4.78 is 11.2. The molecule has 0 aromatic heterocycles. The molecule has 6 rings (SSSR count). The maximum absolute atomic E-state index is 12.5. The molecule has 0 aliphatic carbocycles. The number of benzene rings is 2. The Morgan fingerprint density at radius 2 is 1.66 bits per heavy atom. The van der Waals surface area contributed by atoms with Crippen LogP contribution in [-0.2, 0) is 9.53 Å². The lowest BCUT2D eigenvalue weighted by Crippen LogP contribution is -2.71. The lowest BCUT2D eigenvalue weighted by molar-refractivity contribution is -0.119. The van der Waals surface area contributed by atoms with Crippen LogP contribution in [-0.4, -0.2) is 75.2 Å². The van der Waals surface area contributed by atoms with Crippen molar-refractivity contribution in [2.24, 2.45) is 11.0 Å². The largest absolute Gasteiger partial charge is 0.497 e. The van der Waals surface area contributed by atoms with Crippen LogP contribution >= 0.6 is 0 Å². The first-order chi connectivity index (χ1) is 18.6. The van der Waals surface area contributed by atoms with Gasteiger partial charge in [-0.2, -0.15) is 5.10 Å². The highest BCUT2D eigenvalue weighted by Gasteiger charge is 2.57. The van der Waals surface area contributed by atoms with Crippen LogP contribution in [0.4, 0.5) is 17.1 Å². The zero-order valence-electron chi connectivity index (χ0n) is 22.6. The van der Waals surface area contributed by atoms with Gasteiger partial charge in [0.2, 0.25) is 5.91 Å². The Hall–Kier alpha value is -3.10. The first-order valence-corrected chi connectivity index (χ1v) is 14.1. The van der Waals surface area contributed by atoms with Crippen molar-refractivity contribution in [3.63, 3.8) is 0 Å². The highest BCUT2D eigenvalue weighted by atomic mass is 16.5. The number of methoxy groups -OCH3 is 1. The molecule has 38 heavy (non-hydrogen) atoms. The van der Waals surface area contributed by atoms with Crippen LogP contribution < -0.4 is 19.5 Å². The molecule has 2 unspecified atom stereocenters. The molecule has 0 radical (unpaired) electrons. The number of fused-ring (bicyclic) bond motifs is 1. The summed E-state index contributed by atoms with van der Waals surface area (Å²) in [6.07, 6.45) is 4.71. The van der Waals surface area contributed by atoms with Gasteiger partial charge in [0, 0.05) is 55.6 Å². The fourth-order valence-electron chi connectivity index (χ4n) is 6.79. The standard InChI is InChI=1S/C30H39N5O3/c1-3-28-27-15-17-32(23-7-9-24(10-8-23)34-16-5-4-6-29(34)36)22-30(27,33-18-20-38-21-19-33)35(31-28)25-11-13-26(37-2)14-12-25/h7-14,27H,3-6,15-22H2,1-2H3. The molecule has 4 aliphatic heterocycles. The minimum Gasteiger partial charge on any atom is -0.497 e. The molecule has 8 nitrogen and oxygen atoms in total. The molecule has 0 saturated carbocycles. The minimum absolute atomic E-state index is 0.237. The van der Waals surface area contributed by atoms with Gasteiger partial charge < -0.3 is 19.3 Å². The van der Waals surface area contributed by atoms with Gasteiger partial charge in [-0.05, 0) is 74.2 Å². The van der Waals surface area contributed by atoms with E-state index in [9.17, 15) is 4.79 Å². The van der Waals surface area contributed by atoms with Gasteiger partial charge in [0.1, 0.15) is 11.4 Å². The Kier molecular flexibility index (Phi) is 7.01. The van der Waals surface area contributed by atoms with E-state index < -0.39 is 0 Å². The van der Waals surface area contributed by atoms with E-state index in [1.165, 1.54) is 11.4 Å². The predicted octanol–water partition coefficient (Wildman–Crippen LogP) is 4.35. The molecule has 2 atom stereocenters. The van der Waals surface area contributed by atoms with Gasteiger partial charge in [-0.3, -0.25) is 9.69 Å². The van der Waals surface area contributed by atoms with Crippen molar-refractivity contribution >= 4 is 28.7 Å². The number of hydrogen-bond donors (Lipinski definition) is 0. The Morgan fingerprint density at radius 3 is 2.34 bits per heavy atom. The van der Waals surface area contributed by atoms with E-state index in [1.807, 2.05) is 17.0 Å². The van der Waals surface area contributed by atoms with Crippen molar-refractivity contribution in [2.75, 3.05) is 67.9 Å². The second-order valence-electron chi connectivity index (χ2n) is 10.7. The van der Waals surface area contributed by atoms with Crippen molar-refractivity contribution in [3.05, 3.63) is 48.5 Å². The number of morpholine rings is 1. The molecule has 3 fully saturated rings. The fraction of sp³-hybridized carbons (Fsp3) is 0.533. The third kappa shape index (κ3) is 4.33. The topological polar surface area (TPSA) is 60.9 Å².